The SMILES string of the molecule is Cc1cc(C(=O)N2CC(N3CCN(C(=O)c4nccs4)CC3)C2)sc1Br. The van der Waals surface area contributed by atoms with Crippen molar-refractivity contribution < 1.29 is 9.59 Å². The van der Waals surface area contributed by atoms with Crippen LogP contribution in [0.3, 0.4) is 0 Å². The lowest BCUT2D eigenvalue weighted by atomic mass is 10.1. The van der Waals surface area contributed by atoms with Crippen LogP contribution < -0.4 is 0 Å². The van der Waals surface area contributed by atoms with E-state index in [1.807, 2.05) is 28.2 Å². The van der Waals surface area contributed by atoms with Gasteiger partial charge in [0, 0.05) is 56.9 Å². The van der Waals surface area contributed by atoms with Gasteiger partial charge in [0.2, 0.25) is 0 Å². The summed E-state index contributed by atoms with van der Waals surface area (Å²) in [5.41, 5.74) is 1.11. The first-order valence-corrected chi connectivity index (χ1v) is 11.0. The molecule has 0 aromatic carbocycles. The van der Waals surface area contributed by atoms with Gasteiger partial charge in [-0.2, -0.15) is 0 Å². The van der Waals surface area contributed by atoms with Crippen LogP contribution in [0.15, 0.2) is 21.4 Å². The quantitative estimate of drug-likeness (QED) is 0.714. The van der Waals surface area contributed by atoms with Crippen LogP contribution in [0.1, 0.15) is 25.0 Å². The smallest absolute Gasteiger partial charge is 0.282 e. The first-order valence-electron chi connectivity index (χ1n) is 8.51. The molecule has 0 atom stereocenters. The summed E-state index contributed by atoms with van der Waals surface area (Å²) >= 11 is 6.37. The molecule has 6 nitrogen and oxygen atoms in total. The molecule has 2 aliphatic heterocycles. The van der Waals surface area contributed by atoms with Crippen molar-refractivity contribution in [1.29, 1.82) is 0 Å². The third-order valence-corrected chi connectivity index (χ3v) is 7.84. The number of aromatic nitrogens is 1. The molecular weight excluding hydrogens is 436 g/mol. The molecule has 4 rings (SSSR count). The molecule has 138 valence electrons. The predicted octanol–water partition coefficient (Wildman–Crippen LogP) is 2.56. The maximum Gasteiger partial charge on any atom is 0.282 e. The van der Waals surface area contributed by atoms with Crippen LogP contribution in [0.25, 0.3) is 0 Å². The number of carbonyl (C=O) groups excluding carboxylic acids is 2. The number of thiazole rings is 1. The average molecular weight is 455 g/mol. The van der Waals surface area contributed by atoms with Crippen LogP contribution in [-0.4, -0.2) is 76.8 Å². The van der Waals surface area contributed by atoms with Gasteiger partial charge in [-0.1, -0.05) is 0 Å². The molecule has 2 aliphatic rings. The van der Waals surface area contributed by atoms with Gasteiger partial charge in [0.25, 0.3) is 11.8 Å². The fourth-order valence-corrected chi connectivity index (χ4v) is 5.43. The van der Waals surface area contributed by atoms with E-state index in [2.05, 4.69) is 25.8 Å². The maximum absolute atomic E-state index is 12.5. The summed E-state index contributed by atoms with van der Waals surface area (Å²) in [6, 6.07) is 2.36. The first-order chi connectivity index (χ1) is 12.5. The van der Waals surface area contributed by atoms with Gasteiger partial charge in [0.15, 0.2) is 5.01 Å². The molecule has 2 saturated heterocycles. The summed E-state index contributed by atoms with van der Waals surface area (Å²) in [5, 5.41) is 2.40. The van der Waals surface area contributed by atoms with E-state index >= 15 is 0 Å². The normalized spacial score (nSPS) is 18.8. The summed E-state index contributed by atoms with van der Waals surface area (Å²) < 4.78 is 1.03. The van der Waals surface area contributed by atoms with Crippen LogP contribution >= 0.6 is 38.6 Å². The second-order valence-electron chi connectivity index (χ2n) is 6.60. The Morgan fingerprint density at radius 1 is 1.15 bits per heavy atom. The molecule has 4 heterocycles. The van der Waals surface area contributed by atoms with E-state index in [9.17, 15) is 9.59 Å². The van der Waals surface area contributed by atoms with Crippen LogP contribution in [0.2, 0.25) is 0 Å². The predicted molar refractivity (Wildman–Crippen MR) is 106 cm³/mol. The van der Waals surface area contributed by atoms with Gasteiger partial charge in [-0.05, 0) is 34.5 Å². The van der Waals surface area contributed by atoms with Crippen molar-refractivity contribution in [1.82, 2.24) is 19.7 Å². The Hall–Kier alpha value is -1.29. The molecule has 0 saturated carbocycles. The topological polar surface area (TPSA) is 56.8 Å². The van der Waals surface area contributed by atoms with Crippen molar-refractivity contribution >= 4 is 50.4 Å². The number of hydrogen-bond acceptors (Lipinski definition) is 6. The Morgan fingerprint density at radius 2 is 1.88 bits per heavy atom. The highest BCUT2D eigenvalue weighted by molar-refractivity contribution is 9.11. The van der Waals surface area contributed by atoms with Crippen LogP contribution in [0, 0.1) is 6.92 Å². The Bertz CT molecular complexity index is 789. The van der Waals surface area contributed by atoms with E-state index in [1.165, 1.54) is 22.7 Å². The minimum absolute atomic E-state index is 0.0312. The molecule has 2 fully saturated rings. The van der Waals surface area contributed by atoms with Gasteiger partial charge >= 0.3 is 0 Å². The highest BCUT2D eigenvalue weighted by Gasteiger charge is 2.37. The van der Waals surface area contributed by atoms with E-state index < -0.39 is 0 Å². The molecule has 0 spiro atoms. The third kappa shape index (κ3) is 3.45. The van der Waals surface area contributed by atoms with E-state index in [1.54, 1.807) is 6.20 Å². The van der Waals surface area contributed by atoms with Crippen LogP contribution in [-0.2, 0) is 0 Å². The number of rotatable bonds is 3. The van der Waals surface area contributed by atoms with Gasteiger partial charge in [-0.25, -0.2) is 4.98 Å². The highest BCUT2D eigenvalue weighted by Crippen LogP contribution is 2.30. The van der Waals surface area contributed by atoms with Gasteiger partial charge in [0.05, 0.1) is 8.66 Å². The second kappa shape index (κ2) is 7.38. The summed E-state index contributed by atoms with van der Waals surface area (Å²) in [7, 11) is 0. The number of thiophene rings is 1. The first kappa shape index (κ1) is 18.1. The van der Waals surface area contributed by atoms with Crippen molar-refractivity contribution in [3.8, 4) is 0 Å². The Morgan fingerprint density at radius 3 is 2.46 bits per heavy atom. The zero-order chi connectivity index (χ0) is 18.3. The number of likely N-dealkylation sites (tertiary alicyclic amines) is 1. The maximum atomic E-state index is 12.5. The van der Waals surface area contributed by atoms with E-state index in [0.29, 0.717) is 11.0 Å². The molecular formula is C17H19BrN4O2S2. The minimum Gasteiger partial charge on any atom is -0.335 e. The molecule has 0 bridgehead atoms. The molecule has 0 radical (unpaired) electrons. The lowest BCUT2D eigenvalue weighted by molar-refractivity contribution is 0.00879. The number of piperazine rings is 1. The summed E-state index contributed by atoms with van der Waals surface area (Å²) in [6.07, 6.45) is 1.67. The van der Waals surface area contributed by atoms with E-state index in [4.69, 9.17) is 0 Å². The van der Waals surface area contributed by atoms with Crippen LogP contribution in [0.5, 0.6) is 0 Å². The molecule has 0 unspecified atom stereocenters. The monoisotopic (exact) mass is 454 g/mol. The lowest BCUT2D eigenvalue weighted by Gasteiger charge is -2.47. The summed E-state index contributed by atoms with van der Waals surface area (Å²) in [4.78, 5) is 36.0. The molecule has 26 heavy (non-hydrogen) atoms. The van der Waals surface area contributed by atoms with Crippen molar-refractivity contribution in [2.75, 3.05) is 39.3 Å². The molecule has 2 amide bonds. The zero-order valence-electron chi connectivity index (χ0n) is 14.4. The molecule has 2 aromatic heterocycles. The van der Waals surface area contributed by atoms with Gasteiger partial charge in [-0.3, -0.25) is 14.5 Å². The Balaban J connectivity index is 1.27. The zero-order valence-corrected chi connectivity index (χ0v) is 17.6. The van der Waals surface area contributed by atoms with Gasteiger partial charge < -0.3 is 9.80 Å². The standard InChI is InChI=1S/C17H19BrN4O2S2/c1-11-8-13(26-14(11)18)16(23)22-9-12(10-22)20-3-5-21(6-4-20)17(24)15-19-2-7-25-15/h2,7-8,12H,3-6,9-10H2,1H3. The van der Waals surface area contributed by atoms with Crippen molar-refractivity contribution in [3.05, 3.63) is 36.9 Å². The number of aryl methyl sites for hydroxylation is 1. The number of carbonyl (C=O) groups is 2. The number of nitrogens with zero attached hydrogens (tertiary/aromatic N) is 4. The molecule has 2 aromatic rings. The molecule has 0 N–H and O–H groups in total. The van der Waals surface area contributed by atoms with Crippen molar-refractivity contribution in [3.63, 3.8) is 0 Å². The molecule has 9 heteroatoms. The lowest BCUT2D eigenvalue weighted by Crippen LogP contribution is -2.64. The van der Waals surface area contributed by atoms with Gasteiger partial charge in [0.1, 0.15) is 0 Å². The molecule has 0 aliphatic carbocycles. The fraction of sp³-hybridized carbons (Fsp3) is 0.471. The van der Waals surface area contributed by atoms with Crippen LogP contribution in [0.4, 0.5) is 0 Å². The number of amides is 2. The van der Waals surface area contributed by atoms with E-state index in [-0.39, 0.29) is 11.8 Å². The van der Waals surface area contributed by atoms with Crippen molar-refractivity contribution in [2.24, 2.45) is 0 Å². The fourth-order valence-electron chi connectivity index (χ4n) is 3.33. The Kier molecular flexibility index (Phi) is 5.13. The second-order valence-corrected chi connectivity index (χ2v) is 9.86. The summed E-state index contributed by atoms with van der Waals surface area (Å²) in [5.74, 6) is 0.154. The van der Waals surface area contributed by atoms with Crippen molar-refractivity contribution in [2.45, 2.75) is 13.0 Å². The number of halogens is 1. The average Bonchev–Trinajstić information content (AvgIpc) is 3.24. The number of hydrogen-bond donors (Lipinski definition) is 0. The highest BCUT2D eigenvalue weighted by atomic mass is 79.9. The Labute approximate surface area is 168 Å². The minimum atomic E-state index is 0.0312. The summed E-state index contributed by atoms with van der Waals surface area (Å²) in [6.45, 7) is 6.70. The van der Waals surface area contributed by atoms with E-state index in [0.717, 1.165) is 53.5 Å². The third-order valence-electron chi connectivity index (χ3n) is 4.95. The largest absolute Gasteiger partial charge is 0.335 e. The van der Waals surface area contributed by atoms with Gasteiger partial charge in [-0.15, -0.1) is 22.7 Å².